The number of hydrogen-bond acceptors (Lipinski definition) is 5. The number of H-pyrrole nitrogens is 1. The molecule has 140 valence electrons. The zero-order chi connectivity index (χ0) is 18.2. The quantitative estimate of drug-likeness (QED) is 0.658. The van der Waals surface area contributed by atoms with Crippen LogP contribution in [0.15, 0.2) is 29.4 Å². The fraction of sp³-hybridized carbons (Fsp3) is 0.526. The van der Waals surface area contributed by atoms with E-state index in [1.807, 2.05) is 24.3 Å². The lowest BCUT2D eigenvalue weighted by atomic mass is 10.0. The Kier molecular flexibility index (Phi) is 6.94. The number of amides is 1. The average Bonchev–Trinajstić information content (AvgIpc) is 3.35. The summed E-state index contributed by atoms with van der Waals surface area (Å²) in [5.74, 6) is 2.84. The molecule has 0 saturated heterocycles. The van der Waals surface area contributed by atoms with E-state index in [4.69, 9.17) is 4.74 Å². The van der Waals surface area contributed by atoms with Crippen LogP contribution in [-0.4, -0.2) is 34.0 Å². The SMILES string of the molecule is COc1cccc(CNC(=O)CSc2n[nH]c(CCC3CCCC3)n2)c1. The molecule has 1 saturated carbocycles. The Morgan fingerprint density at radius 1 is 1.38 bits per heavy atom. The molecule has 0 unspecified atom stereocenters. The number of nitrogens with one attached hydrogen (secondary N) is 2. The van der Waals surface area contributed by atoms with Crippen molar-refractivity contribution in [2.45, 2.75) is 50.2 Å². The van der Waals surface area contributed by atoms with Crippen molar-refractivity contribution in [1.82, 2.24) is 20.5 Å². The smallest absolute Gasteiger partial charge is 0.230 e. The van der Waals surface area contributed by atoms with Crippen LogP contribution in [0.5, 0.6) is 5.75 Å². The molecule has 1 heterocycles. The number of nitrogens with zero attached hydrogens (tertiary/aromatic N) is 2. The van der Waals surface area contributed by atoms with E-state index in [0.29, 0.717) is 17.5 Å². The third kappa shape index (κ3) is 5.76. The van der Waals surface area contributed by atoms with Crippen molar-refractivity contribution in [3.05, 3.63) is 35.7 Å². The van der Waals surface area contributed by atoms with Gasteiger partial charge in [-0.2, -0.15) is 0 Å². The molecule has 1 aromatic heterocycles. The van der Waals surface area contributed by atoms with Crippen molar-refractivity contribution in [3.8, 4) is 5.75 Å². The molecule has 3 rings (SSSR count). The van der Waals surface area contributed by atoms with Gasteiger partial charge in [-0.05, 0) is 30.0 Å². The Hall–Kier alpha value is -2.02. The molecule has 0 atom stereocenters. The lowest BCUT2D eigenvalue weighted by Gasteiger charge is -2.06. The van der Waals surface area contributed by atoms with Crippen molar-refractivity contribution in [2.24, 2.45) is 5.92 Å². The second-order valence-corrected chi connectivity index (χ2v) is 7.61. The van der Waals surface area contributed by atoms with E-state index in [2.05, 4.69) is 20.5 Å². The first-order chi connectivity index (χ1) is 12.7. The van der Waals surface area contributed by atoms with Crippen molar-refractivity contribution >= 4 is 17.7 Å². The minimum atomic E-state index is -0.0323. The Morgan fingerprint density at radius 3 is 3.04 bits per heavy atom. The van der Waals surface area contributed by atoms with Gasteiger partial charge in [-0.15, -0.1) is 5.10 Å². The molecule has 0 spiro atoms. The molecular weight excluding hydrogens is 348 g/mol. The minimum Gasteiger partial charge on any atom is -0.497 e. The molecule has 1 aromatic carbocycles. The Labute approximate surface area is 158 Å². The summed E-state index contributed by atoms with van der Waals surface area (Å²) in [6, 6.07) is 7.67. The Balaban J connectivity index is 1.37. The van der Waals surface area contributed by atoms with E-state index in [1.54, 1.807) is 7.11 Å². The van der Waals surface area contributed by atoms with Crippen molar-refractivity contribution < 1.29 is 9.53 Å². The van der Waals surface area contributed by atoms with Crippen LogP contribution >= 0.6 is 11.8 Å². The summed E-state index contributed by atoms with van der Waals surface area (Å²) in [5, 5.41) is 10.8. The first-order valence-electron chi connectivity index (χ1n) is 9.16. The number of rotatable bonds is 9. The standard InChI is InChI=1S/C19H26N4O2S/c1-25-16-8-4-7-15(11-16)12-20-18(24)13-26-19-21-17(22-23-19)10-9-14-5-2-3-6-14/h4,7-8,11,14H,2-3,5-6,9-10,12-13H2,1H3,(H,20,24)(H,21,22,23). The number of hydrogen-bond donors (Lipinski definition) is 2. The van der Waals surface area contributed by atoms with Gasteiger partial charge in [-0.3, -0.25) is 9.89 Å². The highest BCUT2D eigenvalue weighted by Crippen LogP contribution is 2.28. The number of aromatic amines is 1. The first kappa shape index (κ1) is 18.8. The van der Waals surface area contributed by atoms with E-state index in [9.17, 15) is 4.79 Å². The third-order valence-corrected chi connectivity index (χ3v) is 5.58. The maximum absolute atomic E-state index is 12.0. The van der Waals surface area contributed by atoms with Crippen LogP contribution in [0.3, 0.4) is 0 Å². The van der Waals surface area contributed by atoms with Gasteiger partial charge in [0.1, 0.15) is 11.6 Å². The molecule has 6 nitrogen and oxygen atoms in total. The molecule has 1 aliphatic carbocycles. The highest BCUT2D eigenvalue weighted by atomic mass is 32.2. The summed E-state index contributed by atoms with van der Waals surface area (Å²) in [4.78, 5) is 16.5. The normalized spacial score (nSPS) is 14.5. The number of aromatic nitrogens is 3. The number of benzene rings is 1. The number of carbonyl (C=O) groups is 1. The van der Waals surface area contributed by atoms with Gasteiger partial charge < -0.3 is 10.1 Å². The second kappa shape index (κ2) is 9.62. The predicted octanol–water partition coefficient (Wildman–Crippen LogP) is 3.34. The monoisotopic (exact) mass is 374 g/mol. The summed E-state index contributed by atoms with van der Waals surface area (Å²) in [6.45, 7) is 0.483. The summed E-state index contributed by atoms with van der Waals surface area (Å²) >= 11 is 1.36. The van der Waals surface area contributed by atoms with Crippen LogP contribution < -0.4 is 10.1 Å². The minimum absolute atomic E-state index is 0.0323. The highest BCUT2D eigenvalue weighted by molar-refractivity contribution is 7.99. The van der Waals surface area contributed by atoms with E-state index in [-0.39, 0.29) is 5.91 Å². The van der Waals surface area contributed by atoms with Crippen molar-refractivity contribution in [2.75, 3.05) is 12.9 Å². The molecule has 0 aliphatic heterocycles. The third-order valence-electron chi connectivity index (χ3n) is 4.73. The fourth-order valence-corrected chi connectivity index (χ4v) is 3.91. The molecule has 2 aromatic rings. The Morgan fingerprint density at radius 2 is 2.23 bits per heavy atom. The summed E-state index contributed by atoms with van der Waals surface area (Å²) in [5.41, 5.74) is 1.01. The number of aryl methyl sites for hydroxylation is 1. The molecule has 2 N–H and O–H groups in total. The van der Waals surface area contributed by atoms with Crippen LogP contribution in [0.4, 0.5) is 0 Å². The molecule has 0 bridgehead atoms. The zero-order valence-electron chi connectivity index (χ0n) is 15.2. The van der Waals surface area contributed by atoms with Crippen LogP contribution in [0.1, 0.15) is 43.5 Å². The molecule has 0 radical (unpaired) electrons. The summed E-state index contributed by atoms with van der Waals surface area (Å²) in [7, 11) is 1.63. The number of carbonyl (C=O) groups excluding carboxylic acids is 1. The van der Waals surface area contributed by atoms with E-state index >= 15 is 0 Å². The van der Waals surface area contributed by atoms with Gasteiger partial charge in [-0.25, -0.2) is 4.98 Å². The Bertz CT molecular complexity index is 713. The lowest BCUT2D eigenvalue weighted by molar-refractivity contribution is -0.118. The predicted molar refractivity (Wildman–Crippen MR) is 102 cm³/mol. The van der Waals surface area contributed by atoms with Crippen molar-refractivity contribution in [3.63, 3.8) is 0 Å². The molecule has 7 heteroatoms. The fourth-order valence-electron chi connectivity index (χ4n) is 3.26. The molecule has 1 fully saturated rings. The molecule has 26 heavy (non-hydrogen) atoms. The highest BCUT2D eigenvalue weighted by Gasteiger charge is 2.15. The van der Waals surface area contributed by atoms with Crippen LogP contribution in [0, 0.1) is 5.92 Å². The second-order valence-electron chi connectivity index (χ2n) is 6.67. The summed E-state index contributed by atoms with van der Waals surface area (Å²) in [6.07, 6.45) is 7.56. The maximum Gasteiger partial charge on any atom is 0.230 e. The van der Waals surface area contributed by atoms with Gasteiger partial charge in [0.05, 0.1) is 12.9 Å². The van der Waals surface area contributed by atoms with E-state index < -0.39 is 0 Å². The van der Waals surface area contributed by atoms with Gasteiger partial charge in [0.15, 0.2) is 0 Å². The van der Waals surface area contributed by atoms with Gasteiger partial charge >= 0.3 is 0 Å². The van der Waals surface area contributed by atoms with Gasteiger partial charge in [0.2, 0.25) is 11.1 Å². The van der Waals surface area contributed by atoms with Crippen molar-refractivity contribution in [1.29, 1.82) is 0 Å². The van der Waals surface area contributed by atoms with Crippen LogP contribution in [0.25, 0.3) is 0 Å². The molecular formula is C19H26N4O2S. The van der Waals surface area contributed by atoms with Crippen LogP contribution in [0.2, 0.25) is 0 Å². The van der Waals surface area contributed by atoms with Gasteiger partial charge in [0.25, 0.3) is 0 Å². The van der Waals surface area contributed by atoms with Gasteiger partial charge in [0, 0.05) is 13.0 Å². The summed E-state index contributed by atoms with van der Waals surface area (Å²) < 4.78 is 5.18. The van der Waals surface area contributed by atoms with E-state index in [1.165, 1.54) is 43.9 Å². The number of ether oxygens (including phenoxy) is 1. The zero-order valence-corrected chi connectivity index (χ0v) is 16.0. The molecule has 1 aliphatic rings. The van der Waals surface area contributed by atoms with Gasteiger partial charge in [-0.1, -0.05) is 49.6 Å². The number of thioether (sulfide) groups is 1. The maximum atomic E-state index is 12.0. The van der Waals surface area contributed by atoms with E-state index in [0.717, 1.165) is 29.5 Å². The lowest BCUT2D eigenvalue weighted by Crippen LogP contribution is -2.24. The topological polar surface area (TPSA) is 79.9 Å². The van der Waals surface area contributed by atoms with Crippen LogP contribution in [-0.2, 0) is 17.8 Å². The molecule has 1 amide bonds. The average molecular weight is 375 g/mol. The first-order valence-corrected chi connectivity index (χ1v) is 10.1. The largest absolute Gasteiger partial charge is 0.497 e. The number of methoxy groups -OCH3 is 1.